The minimum absolute atomic E-state index is 0.207. The summed E-state index contributed by atoms with van der Waals surface area (Å²) in [5.41, 5.74) is 0. The van der Waals surface area contributed by atoms with E-state index < -0.39 is 0 Å². The van der Waals surface area contributed by atoms with Crippen LogP contribution in [0.4, 0.5) is 0 Å². The van der Waals surface area contributed by atoms with Gasteiger partial charge in [-0.2, -0.15) is 5.10 Å². The summed E-state index contributed by atoms with van der Waals surface area (Å²) in [6, 6.07) is 0. The summed E-state index contributed by atoms with van der Waals surface area (Å²) >= 11 is 0. The second-order valence-electron chi connectivity index (χ2n) is 4.38. The quantitative estimate of drug-likeness (QED) is 0.719. The average molecular weight is 193 g/mol. The Morgan fingerprint density at radius 3 is 2.86 bits per heavy atom. The Morgan fingerprint density at radius 1 is 1.29 bits per heavy atom. The molecule has 4 heteroatoms. The number of nitrogens with zero attached hydrogens (tertiary/aromatic N) is 3. The molecule has 1 fully saturated rings. The lowest BCUT2D eigenvalue weighted by atomic mass is 9.85. The molecular weight excluding hydrogens is 178 g/mol. The van der Waals surface area contributed by atoms with Gasteiger partial charge in [-0.25, -0.2) is 9.67 Å². The van der Waals surface area contributed by atoms with Crippen molar-refractivity contribution in [3.8, 4) is 0 Å². The molecule has 1 aromatic heterocycles. The molecule has 1 aliphatic heterocycles. The number of aliphatic hydroxyl groups excluding tert-OH is 1. The molecule has 0 radical (unpaired) electrons. The van der Waals surface area contributed by atoms with Gasteiger partial charge in [-0.1, -0.05) is 6.42 Å². The fraction of sp³-hybridized carbons (Fsp3) is 0.800. The first kappa shape index (κ1) is 8.41. The van der Waals surface area contributed by atoms with E-state index in [1.165, 1.54) is 19.3 Å². The Hall–Kier alpha value is -0.900. The summed E-state index contributed by atoms with van der Waals surface area (Å²) in [6.45, 7) is 0.830. The summed E-state index contributed by atoms with van der Waals surface area (Å²) in [7, 11) is 0. The molecule has 1 aliphatic carbocycles. The maximum absolute atomic E-state index is 9.49. The molecule has 2 heterocycles. The van der Waals surface area contributed by atoms with Crippen molar-refractivity contribution < 1.29 is 5.11 Å². The standard InChI is InChI=1S/C10H15N3O/c14-8-4-5-13-9(6-8)11-10(12-13)7-2-1-3-7/h7-8,14H,1-6H2. The fourth-order valence-electron chi connectivity index (χ4n) is 2.15. The van der Waals surface area contributed by atoms with E-state index in [9.17, 15) is 5.11 Å². The highest BCUT2D eigenvalue weighted by molar-refractivity contribution is 5.05. The highest BCUT2D eigenvalue weighted by atomic mass is 16.3. The molecule has 0 saturated heterocycles. The summed E-state index contributed by atoms with van der Waals surface area (Å²) in [5.74, 6) is 2.59. The molecule has 0 bridgehead atoms. The third-order valence-corrected chi connectivity index (χ3v) is 3.33. The molecule has 4 nitrogen and oxygen atoms in total. The molecular formula is C10H15N3O. The summed E-state index contributed by atoms with van der Waals surface area (Å²) in [5, 5.41) is 14.0. The van der Waals surface area contributed by atoms with Gasteiger partial charge in [-0.15, -0.1) is 0 Å². The van der Waals surface area contributed by atoms with Crippen LogP contribution in [0.25, 0.3) is 0 Å². The van der Waals surface area contributed by atoms with Crippen LogP contribution in [0.1, 0.15) is 43.3 Å². The molecule has 0 amide bonds. The SMILES string of the molecule is OC1CCn2nc(C3CCC3)nc2C1. The minimum atomic E-state index is -0.207. The van der Waals surface area contributed by atoms with Crippen molar-refractivity contribution in [2.24, 2.45) is 0 Å². The van der Waals surface area contributed by atoms with Crippen molar-refractivity contribution in [1.82, 2.24) is 14.8 Å². The number of aromatic nitrogens is 3. The van der Waals surface area contributed by atoms with Crippen LogP contribution in [0.2, 0.25) is 0 Å². The van der Waals surface area contributed by atoms with Crippen molar-refractivity contribution in [2.75, 3.05) is 0 Å². The zero-order chi connectivity index (χ0) is 9.54. The van der Waals surface area contributed by atoms with E-state index in [1.54, 1.807) is 0 Å². The highest BCUT2D eigenvalue weighted by Gasteiger charge is 2.27. The molecule has 1 atom stereocenters. The van der Waals surface area contributed by atoms with Crippen molar-refractivity contribution in [3.63, 3.8) is 0 Å². The lowest BCUT2D eigenvalue weighted by Gasteiger charge is -2.21. The van der Waals surface area contributed by atoms with Crippen LogP contribution in [-0.4, -0.2) is 26.0 Å². The van der Waals surface area contributed by atoms with E-state index in [1.807, 2.05) is 4.68 Å². The predicted octanol–water partition coefficient (Wildman–Crippen LogP) is 0.853. The maximum atomic E-state index is 9.49. The number of hydrogen-bond donors (Lipinski definition) is 1. The Morgan fingerprint density at radius 2 is 2.14 bits per heavy atom. The number of fused-ring (bicyclic) bond motifs is 1. The monoisotopic (exact) mass is 193 g/mol. The van der Waals surface area contributed by atoms with Crippen LogP contribution in [0, 0.1) is 0 Å². The molecule has 76 valence electrons. The van der Waals surface area contributed by atoms with E-state index in [0.717, 1.165) is 24.6 Å². The van der Waals surface area contributed by atoms with Gasteiger partial charge in [0.15, 0.2) is 5.82 Å². The van der Waals surface area contributed by atoms with Crippen LogP contribution < -0.4 is 0 Å². The third-order valence-electron chi connectivity index (χ3n) is 3.33. The van der Waals surface area contributed by atoms with E-state index in [-0.39, 0.29) is 6.10 Å². The van der Waals surface area contributed by atoms with Gasteiger partial charge in [0.1, 0.15) is 5.82 Å². The molecule has 1 aromatic rings. The first-order chi connectivity index (χ1) is 6.83. The predicted molar refractivity (Wildman–Crippen MR) is 50.9 cm³/mol. The van der Waals surface area contributed by atoms with Gasteiger partial charge in [0.25, 0.3) is 0 Å². The Balaban J connectivity index is 1.87. The van der Waals surface area contributed by atoms with Crippen LogP contribution in [0.5, 0.6) is 0 Å². The van der Waals surface area contributed by atoms with Crippen LogP contribution in [0.3, 0.4) is 0 Å². The fourth-order valence-corrected chi connectivity index (χ4v) is 2.15. The first-order valence-corrected chi connectivity index (χ1v) is 5.44. The van der Waals surface area contributed by atoms with Gasteiger partial charge >= 0.3 is 0 Å². The Bertz CT molecular complexity index is 343. The summed E-state index contributed by atoms with van der Waals surface area (Å²) in [4.78, 5) is 4.52. The highest BCUT2D eigenvalue weighted by Crippen LogP contribution is 2.34. The Kier molecular flexibility index (Phi) is 1.83. The lowest BCUT2D eigenvalue weighted by molar-refractivity contribution is 0.138. The average Bonchev–Trinajstić information content (AvgIpc) is 2.43. The van der Waals surface area contributed by atoms with Crippen molar-refractivity contribution >= 4 is 0 Å². The van der Waals surface area contributed by atoms with Crippen molar-refractivity contribution in [1.29, 1.82) is 0 Å². The molecule has 2 aliphatic rings. The zero-order valence-corrected chi connectivity index (χ0v) is 8.19. The Labute approximate surface area is 83.0 Å². The molecule has 1 saturated carbocycles. The molecule has 3 rings (SSSR count). The van der Waals surface area contributed by atoms with E-state index in [0.29, 0.717) is 12.3 Å². The first-order valence-electron chi connectivity index (χ1n) is 5.44. The van der Waals surface area contributed by atoms with Gasteiger partial charge in [0.2, 0.25) is 0 Å². The maximum Gasteiger partial charge on any atom is 0.154 e. The van der Waals surface area contributed by atoms with E-state index in [4.69, 9.17) is 0 Å². The van der Waals surface area contributed by atoms with Gasteiger partial charge in [-0.05, 0) is 19.3 Å². The van der Waals surface area contributed by atoms with E-state index in [2.05, 4.69) is 10.1 Å². The minimum Gasteiger partial charge on any atom is -0.393 e. The van der Waals surface area contributed by atoms with E-state index >= 15 is 0 Å². The summed E-state index contributed by atoms with van der Waals surface area (Å²) < 4.78 is 1.97. The van der Waals surface area contributed by atoms with Gasteiger partial charge in [0.05, 0.1) is 6.10 Å². The number of aliphatic hydroxyl groups is 1. The summed E-state index contributed by atoms with van der Waals surface area (Å²) in [6.07, 6.45) is 5.09. The number of rotatable bonds is 1. The van der Waals surface area contributed by atoms with Crippen LogP contribution in [-0.2, 0) is 13.0 Å². The number of hydrogen-bond acceptors (Lipinski definition) is 3. The van der Waals surface area contributed by atoms with Crippen molar-refractivity contribution in [3.05, 3.63) is 11.6 Å². The topological polar surface area (TPSA) is 50.9 Å². The largest absolute Gasteiger partial charge is 0.393 e. The van der Waals surface area contributed by atoms with Crippen LogP contribution >= 0.6 is 0 Å². The second kappa shape index (κ2) is 3.05. The molecule has 1 unspecified atom stereocenters. The normalized spacial score (nSPS) is 27.1. The van der Waals surface area contributed by atoms with Gasteiger partial charge in [-0.3, -0.25) is 0 Å². The third kappa shape index (κ3) is 1.25. The van der Waals surface area contributed by atoms with Gasteiger partial charge < -0.3 is 5.11 Å². The molecule has 0 aromatic carbocycles. The molecule has 14 heavy (non-hydrogen) atoms. The number of aryl methyl sites for hydroxylation is 1. The second-order valence-corrected chi connectivity index (χ2v) is 4.38. The lowest BCUT2D eigenvalue weighted by Crippen LogP contribution is -2.23. The smallest absolute Gasteiger partial charge is 0.154 e. The zero-order valence-electron chi connectivity index (χ0n) is 8.19. The van der Waals surface area contributed by atoms with Gasteiger partial charge in [0, 0.05) is 18.9 Å². The van der Waals surface area contributed by atoms with Crippen LogP contribution in [0.15, 0.2) is 0 Å². The molecule has 0 spiro atoms. The van der Waals surface area contributed by atoms with Crippen molar-refractivity contribution in [2.45, 2.75) is 50.7 Å². The molecule has 1 N–H and O–H groups in total.